The molecule has 0 bridgehead atoms. The van der Waals surface area contributed by atoms with Crippen LogP contribution in [0.5, 0.6) is 0 Å². The smallest absolute Gasteiger partial charge is 0.341 e. The van der Waals surface area contributed by atoms with Crippen LogP contribution in [-0.2, 0) is 4.74 Å². The molecule has 0 aromatic carbocycles. The summed E-state index contributed by atoms with van der Waals surface area (Å²) in [4.78, 5) is 19.6. The summed E-state index contributed by atoms with van der Waals surface area (Å²) >= 11 is 5.88. The molecule has 5 heteroatoms. The van der Waals surface area contributed by atoms with Crippen LogP contribution in [0.15, 0.2) is 24.4 Å². The van der Waals surface area contributed by atoms with Gasteiger partial charge in [-0.2, -0.15) is 0 Å². The summed E-state index contributed by atoms with van der Waals surface area (Å²) in [7, 11) is 0. The normalized spacial score (nSPS) is 9.56. The lowest BCUT2D eigenvalue weighted by Gasteiger charge is -2.04. The third kappa shape index (κ3) is 3.17. The van der Waals surface area contributed by atoms with Gasteiger partial charge in [-0.3, -0.25) is 0 Å². The van der Waals surface area contributed by atoms with Crippen LogP contribution in [0.4, 0.5) is 0 Å². The number of nitrogens with zero attached hydrogens (tertiary/aromatic N) is 2. The van der Waals surface area contributed by atoms with Crippen LogP contribution in [0.2, 0.25) is 5.15 Å². The highest BCUT2D eigenvalue weighted by Gasteiger charge is 2.13. The molecule has 0 radical (unpaired) electrons. The van der Waals surface area contributed by atoms with Crippen molar-refractivity contribution in [1.82, 2.24) is 9.97 Å². The third-order valence-electron chi connectivity index (χ3n) is 2.04. The molecule has 0 unspecified atom stereocenters. The Hall–Kier alpha value is -1.68. The molecule has 2 heterocycles. The Morgan fingerprint density at radius 2 is 2.17 bits per heavy atom. The van der Waals surface area contributed by atoms with Crippen molar-refractivity contribution in [3.8, 4) is 0 Å². The number of aromatic nitrogens is 2. The maximum atomic E-state index is 11.5. The molecule has 96 valence electrons. The molecule has 2 aromatic heterocycles. The van der Waals surface area contributed by atoms with E-state index in [0.717, 1.165) is 5.39 Å². The van der Waals surface area contributed by atoms with E-state index in [2.05, 4.69) is 9.97 Å². The molecule has 0 aliphatic heterocycles. The standard InChI is InChI=1S/C11H9ClN2O2.C2H6/c1-2-16-11(15)8-6-7-4-3-5-13-10(7)14-9(8)12;1-2/h3-6H,2H2,1H3;1-2H3. The van der Waals surface area contributed by atoms with Gasteiger partial charge in [0.25, 0.3) is 0 Å². The van der Waals surface area contributed by atoms with Crippen LogP contribution in [0.25, 0.3) is 11.0 Å². The minimum absolute atomic E-state index is 0.115. The van der Waals surface area contributed by atoms with Crippen molar-refractivity contribution in [1.29, 1.82) is 0 Å². The molecular weight excluding hydrogens is 252 g/mol. The lowest BCUT2D eigenvalue weighted by molar-refractivity contribution is 0.0526. The summed E-state index contributed by atoms with van der Waals surface area (Å²) in [5, 5.41) is 0.875. The Labute approximate surface area is 111 Å². The van der Waals surface area contributed by atoms with E-state index in [4.69, 9.17) is 16.3 Å². The van der Waals surface area contributed by atoms with Gasteiger partial charge >= 0.3 is 5.97 Å². The van der Waals surface area contributed by atoms with Gasteiger partial charge in [0.15, 0.2) is 5.65 Å². The van der Waals surface area contributed by atoms with Gasteiger partial charge in [-0.05, 0) is 25.1 Å². The average Bonchev–Trinajstić information content (AvgIpc) is 2.40. The van der Waals surface area contributed by atoms with E-state index in [1.54, 1.807) is 25.3 Å². The minimum Gasteiger partial charge on any atom is -0.462 e. The third-order valence-corrected chi connectivity index (χ3v) is 2.33. The molecule has 0 fully saturated rings. The van der Waals surface area contributed by atoms with Crippen LogP contribution < -0.4 is 0 Å². The molecular formula is C13H15ClN2O2. The summed E-state index contributed by atoms with van der Waals surface area (Å²) in [6.07, 6.45) is 1.62. The van der Waals surface area contributed by atoms with Crippen LogP contribution in [-0.4, -0.2) is 22.5 Å². The van der Waals surface area contributed by atoms with E-state index in [0.29, 0.717) is 12.3 Å². The van der Waals surface area contributed by atoms with Crippen LogP contribution in [0.3, 0.4) is 0 Å². The summed E-state index contributed by atoms with van der Waals surface area (Å²) in [5.41, 5.74) is 0.782. The first-order chi connectivity index (χ1) is 8.72. The van der Waals surface area contributed by atoms with Gasteiger partial charge in [0.2, 0.25) is 0 Å². The molecule has 0 aliphatic rings. The van der Waals surface area contributed by atoms with Gasteiger partial charge in [0, 0.05) is 11.6 Å². The number of carbonyl (C=O) groups is 1. The lowest BCUT2D eigenvalue weighted by Crippen LogP contribution is -2.06. The van der Waals surface area contributed by atoms with E-state index in [1.807, 2.05) is 19.9 Å². The quantitative estimate of drug-likeness (QED) is 0.617. The number of ether oxygens (including phenoxy) is 1. The predicted molar refractivity (Wildman–Crippen MR) is 71.9 cm³/mol. The van der Waals surface area contributed by atoms with Crippen molar-refractivity contribution >= 4 is 28.6 Å². The molecule has 0 N–H and O–H groups in total. The topological polar surface area (TPSA) is 52.1 Å². The first-order valence-electron chi connectivity index (χ1n) is 5.80. The predicted octanol–water partition coefficient (Wildman–Crippen LogP) is 3.49. The Morgan fingerprint density at radius 3 is 2.83 bits per heavy atom. The highest BCUT2D eigenvalue weighted by Crippen LogP contribution is 2.19. The van der Waals surface area contributed by atoms with Gasteiger partial charge in [0.05, 0.1) is 12.2 Å². The lowest BCUT2D eigenvalue weighted by atomic mass is 10.2. The largest absolute Gasteiger partial charge is 0.462 e. The number of carbonyl (C=O) groups excluding carboxylic acids is 1. The monoisotopic (exact) mass is 266 g/mol. The number of esters is 1. The van der Waals surface area contributed by atoms with Crippen molar-refractivity contribution in [2.75, 3.05) is 6.61 Å². The first-order valence-corrected chi connectivity index (χ1v) is 6.18. The number of pyridine rings is 2. The van der Waals surface area contributed by atoms with Gasteiger partial charge in [0.1, 0.15) is 5.15 Å². The van der Waals surface area contributed by atoms with Crippen LogP contribution in [0.1, 0.15) is 31.1 Å². The minimum atomic E-state index is -0.467. The highest BCUT2D eigenvalue weighted by molar-refractivity contribution is 6.32. The molecule has 18 heavy (non-hydrogen) atoms. The second-order valence-corrected chi connectivity index (χ2v) is 3.46. The fraction of sp³-hybridized carbons (Fsp3) is 0.308. The van der Waals surface area contributed by atoms with E-state index < -0.39 is 5.97 Å². The molecule has 0 saturated heterocycles. The van der Waals surface area contributed by atoms with Gasteiger partial charge < -0.3 is 4.74 Å². The van der Waals surface area contributed by atoms with Gasteiger partial charge in [-0.25, -0.2) is 14.8 Å². The van der Waals surface area contributed by atoms with E-state index in [-0.39, 0.29) is 10.7 Å². The SMILES string of the molecule is CC.CCOC(=O)c1cc2cccnc2nc1Cl. The second-order valence-electron chi connectivity index (χ2n) is 3.10. The molecule has 2 rings (SSSR count). The number of hydrogen-bond acceptors (Lipinski definition) is 4. The summed E-state index contributed by atoms with van der Waals surface area (Å²) < 4.78 is 4.87. The molecule has 0 spiro atoms. The summed E-state index contributed by atoms with van der Waals surface area (Å²) in [5.74, 6) is -0.467. The molecule has 0 aliphatic carbocycles. The number of hydrogen-bond donors (Lipinski definition) is 0. The van der Waals surface area contributed by atoms with Crippen molar-refractivity contribution in [2.24, 2.45) is 0 Å². The fourth-order valence-corrected chi connectivity index (χ4v) is 1.55. The van der Waals surface area contributed by atoms with Crippen molar-refractivity contribution in [2.45, 2.75) is 20.8 Å². The molecule has 0 saturated carbocycles. The number of halogens is 1. The Balaban J connectivity index is 0.000000771. The molecule has 2 aromatic rings. The van der Waals surface area contributed by atoms with Crippen LogP contribution >= 0.6 is 11.6 Å². The highest BCUT2D eigenvalue weighted by atomic mass is 35.5. The summed E-state index contributed by atoms with van der Waals surface area (Å²) in [6.45, 7) is 6.04. The van der Waals surface area contributed by atoms with Crippen LogP contribution in [0, 0.1) is 0 Å². The van der Waals surface area contributed by atoms with E-state index in [9.17, 15) is 4.79 Å². The zero-order valence-corrected chi connectivity index (χ0v) is 11.4. The maximum absolute atomic E-state index is 11.5. The first kappa shape index (κ1) is 14.4. The molecule has 0 atom stereocenters. The number of rotatable bonds is 2. The van der Waals surface area contributed by atoms with Crippen molar-refractivity contribution in [3.63, 3.8) is 0 Å². The second kappa shape index (κ2) is 6.91. The Kier molecular flexibility index (Phi) is 5.52. The van der Waals surface area contributed by atoms with Crippen molar-refractivity contribution < 1.29 is 9.53 Å². The average molecular weight is 267 g/mol. The van der Waals surface area contributed by atoms with E-state index >= 15 is 0 Å². The zero-order chi connectivity index (χ0) is 13.5. The Morgan fingerprint density at radius 1 is 1.44 bits per heavy atom. The zero-order valence-electron chi connectivity index (χ0n) is 10.6. The molecule has 4 nitrogen and oxygen atoms in total. The molecule has 0 amide bonds. The van der Waals surface area contributed by atoms with Gasteiger partial charge in [-0.15, -0.1) is 0 Å². The Bertz CT molecular complexity index is 544. The van der Waals surface area contributed by atoms with Gasteiger partial charge in [-0.1, -0.05) is 25.4 Å². The number of fused-ring (bicyclic) bond motifs is 1. The van der Waals surface area contributed by atoms with E-state index in [1.165, 1.54) is 0 Å². The maximum Gasteiger partial charge on any atom is 0.341 e. The summed E-state index contributed by atoms with van der Waals surface area (Å²) in [6, 6.07) is 5.22. The fourth-order valence-electron chi connectivity index (χ4n) is 1.34. The van der Waals surface area contributed by atoms with Crippen molar-refractivity contribution in [3.05, 3.63) is 35.1 Å².